The van der Waals surface area contributed by atoms with Gasteiger partial charge in [-0.2, -0.15) is 5.10 Å². The molecule has 0 bridgehead atoms. The fourth-order valence-electron chi connectivity index (χ4n) is 2.46. The second-order valence-electron chi connectivity index (χ2n) is 5.22. The van der Waals surface area contributed by atoms with Crippen LogP contribution in [0, 0.1) is 6.92 Å². The molecule has 1 N–H and O–H groups in total. The number of hydrazone groups is 1. The molecule has 0 radical (unpaired) electrons. The van der Waals surface area contributed by atoms with E-state index in [2.05, 4.69) is 33.7 Å². The molecule has 5 heteroatoms. The van der Waals surface area contributed by atoms with Crippen LogP contribution < -0.4 is 5.43 Å². The lowest BCUT2D eigenvalue weighted by Crippen LogP contribution is -2.24. The summed E-state index contributed by atoms with van der Waals surface area (Å²) in [5.74, 6) is -0.101. The molecule has 4 nitrogen and oxygen atoms in total. The Morgan fingerprint density at radius 2 is 2.14 bits per heavy atom. The lowest BCUT2D eigenvalue weighted by atomic mass is 9.90. The summed E-state index contributed by atoms with van der Waals surface area (Å²) in [6.45, 7) is 1.93. The van der Waals surface area contributed by atoms with E-state index in [1.807, 2.05) is 18.4 Å². The van der Waals surface area contributed by atoms with Crippen LogP contribution in [0.25, 0.3) is 0 Å². The Bertz CT molecular complexity index is 690. The van der Waals surface area contributed by atoms with E-state index in [0.29, 0.717) is 6.42 Å². The average molecular weight is 299 g/mol. The fraction of sp³-hybridized carbons (Fsp3) is 0.312. The lowest BCUT2D eigenvalue weighted by Gasteiger charge is -2.17. The molecule has 0 unspecified atom stereocenters. The van der Waals surface area contributed by atoms with E-state index in [4.69, 9.17) is 0 Å². The SMILES string of the molecule is Cc1csc(CC(=O)N/N=C2\CCc3ccccc3C2)n1. The molecule has 1 aliphatic carbocycles. The summed E-state index contributed by atoms with van der Waals surface area (Å²) in [4.78, 5) is 16.1. The number of thiazole rings is 1. The van der Waals surface area contributed by atoms with E-state index in [9.17, 15) is 4.79 Å². The predicted molar refractivity (Wildman–Crippen MR) is 84.6 cm³/mol. The highest BCUT2D eigenvalue weighted by molar-refractivity contribution is 7.09. The molecule has 0 spiro atoms. The number of aromatic nitrogens is 1. The first kappa shape index (κ1) is 13.9. The standard InChI is InChI=1S/C16H17N3OS/c1-11-10-21-16(17-11)9-15(20)19-18-14-7-6-12-4-2-3-5-13(12)8-14/h2-5,10H,6-9H2,1H3,(H,19,20)/b18-14+. The molecule has 1 aliphatic rings. The second-order valence-corrected chi connectivity index (χ2v) is 6.16. The van der Waals surface area contributed by atoms with E-state index in [-0.39, 0.29) is 5.91 Å². The Kier molecular flexibility index (Phi) is 4.10. The molecule has 21 heavy (non-hydrogen) atoms. The minimum Gasteiger partial charge on any atom is -0.273 e. The van der Waals surface area contributed by atoms with Crippen LogP contribution in [0.1, 0.15) is 28.2 Å². The zero-order chi connectivity index (χ0) is 14.7. The Balaban J connectivity index is 1.58. The van der Waals surface area contributed by atoms with Gasteiger partial charge in [0.2, 0.25) is 5.91 Å². The number of fused-ring (bicyclic) bond motifs is 1. The van der Waals surface area contributed by atoms with Gasteiger partial charge < -0.3 is 0 Å². The summed E-state index contributed by atoms with van der Waals surface area (Å²) in [7, 11) is 0. The van der Waals surface area contributed by atoms with Gasteiger partial charge in [-0.15, -0.1) is 11.3 Å². The molecule has 0 fully saturated rings. The zero-order valence-electron chi connectivity index (χ0n) is 11.9. The quantitative estimate of drug-likeness (QED) is 0.886. The molecular weight excluding hydrogens is 282 g/mol. The van der Waals surface area contributed by atoms with E-state index < -0.39 is 0 Å². The van der Waals surface area contributed by atoms with E-state index in [1.165, 1.54) is 22.5 Å². The summed E-state index contributed by atoms with van der Waals surface area (Å²) in [6, 6.07) is 8.41. The largest absolute Gasteiger partial charge is 0.273 e. The van der Waals surface area contributed by atoms with Gasteiger partial charge in [-0.05, 0) is 30.9 Å². The minimum atomic E-state index is -0.101. The molecular formula is C16H17N3OS. The van der Waals surface area contributed by atoms with Crippen molar-refractivity contribution in [3.63, 3.8) is 0 Å². The van der Waals surface area contributed by atoms with Crippen molar-refractivity contribution < 1.29 is 4.79 Å². The Hall–Kier alpha value is -2.01. The van der Waals surface area contributed by atoms with E-state index in [1.54, 1.807) is 0 Å². The van der Waals surface area contributed by atoms with Crippen molar-refractivity contribution >= 4 is 23.0 Å². The molecule has 0 aliphatic heterocycles. The van der Waals surface area contributed by atoms with Crippen LogP contribution in [-0.4, -0.2) is 16.6 Å². The van der Waals surface area contributed by atoms with Gasteiger partial charge in [0.1, 0.15) is 5.01 Å². The number of hydrogen-bond donors (Lipinski definition) is 1. The van der Waals surface area contributed by atoms with Gasteiger partial charge in [0.15, 0.2) is 0 Å². The third-order valence-electron chi connectivity index (χ3n) is 3.51. The van der Waals surface area contributed by atoms with Crippen LogP contribution in [0.4, 0.5) is 0 Å². The molecule has 1 amide bonds. The van der Waals surface area contributed by atoms with Crippen molar-refractivity contribution in [3.05, 3.63) is 51.5 Å². The van der Waals surface area contributed by atoms with Crippen LogP contribution in [0.2, 0.25) is 0 Å². The molecule has 108 valence electrons. The summed E-state index contributed by atoms with van der Waals surface area (Å²) < 4.78 is 0. The highest BCUT2D eigenvalue weighted by Gasteiger charge is 2.14. The van der Waals surface area contributed by atoms with Crippen molar-refractivity contribution in [1.29, 1.82) is 0 Å². The smallest absolute Gasteiger partial charge is 0.246 e. The highest BCUT2D eigenvalue weighted by atomic mass is 32.1. The number of amides is 1. The van der Waals surface area contributed by atoms with Gasteiger partial charge in [0.05, 0.1) is 6.42 Å². The fourth-order valence-corrected chi connectivity index (χ4v) is 3.23. The van der Waals surface area contributed by atoms with Crippen molar-refractivity contribution in [2.75, 3.05) is 0 Å². The summed E-state index contributed by atoms with van der Waals surface area (Å²) >= 11 is 1.51. The third kappa shape index (κ3) is 3.55. The minimum absolute atomic E-state index is 0.101. The third-order valence-corrected chi connectivity index (χ3v) is 4.48. The Morgan fingerprint density at radius 3 is 2.90 bits per heavy atom. The van der Waals surface area contributed by atoms with E-state index in [0.717, 1.165) is 35.7 Å². The number of carbonyl (C=O) groups is 1. The van der Waals surface area contributed by atoms with Gasteiger partial charge >= 0.3 is 0 Å². The molecule has 2 aromatic rings. The monoisotopic (exact) mass is 299 g/mol. The Morgan fingerprint density at radius 1 is 1.33 bits per heavy atom. The van der Waals surface area contributed by atoms with Crippen molar-refractivity contribution in [1.82, 2.24) is 10.4 Å². The maximum atomic E-state index is 11.9. The normalized spacial score (nSPS) is 15.8. The Labute approximate surface area is 127 Å². The molecule has 0 atom stereocenters. The number of carbonyl (C=O) groups excluding carboxylic acids is 1. The zero-order valence-corrected chi connectivity index (χ0v) is 12.7. The van der Waals surface area contributed by atoms with Gasteiger partial charge in [0.25, 0.3) is 0 Å². The van der Waals surface area contributed by atoms with Gasteiger partial charge in [0, 0.05) is 23.2 Å². The first-order valence-corrected chi connectivity index (χ1v) is 7.91. The van der Waals surface area contributed by atoms with Crippen LogP contribution in [0.3, 0.4) is 0 Å². The molecule has 0 saturated carbocycles. The molecule has 1 aromatic heterocycles. The maximum Gasteiger partial charge on any atom is 0.246 e. The van der Waals surface area contributed by atoms with Crippen molar-refractivity contribution in [3.8, 4) is 0 Å². The van der Waals surface area contributed by atoms with E-state index >= 15 is 0 Å². The molecule has 1 heterocycles. The number of benzene rings is 1. The molecule has 1 aromatic carbocycles. The average Bonchev–Trinajstić information content (AvgIpc) is 2.90. The summed E-state index contributed by atoms with van der Waals surface area (Å²) in [5.41, 5.74) is 7.35. The molecule has 3 rings (SSSR count). The van der Waals surface area contributed by atoms with Gasteiger partial charge in [-0.3, -0.25) is 4.79 Å². The van der Waals surface area contributed by atoms with Crippen molar-refractivity contribution in [2.24, 2.45) is 5.10 Å². The summed E-state index contributed by atoms with van der Waals surface area (Å²) in [6.07, 6.45) is 3.03. The highest BCUT2D eigenvalue weighted by Crippen LogP contribution is 2.19. The number of rotatable bonds is 3. The number of aryl methyl sites for hydroxylation is 2. The van der Waals surface area contributed by atoms with Gasteiger partial charge in [-0.25, -0.2) is 10.4 Å². The van der Waals surface area contributed by atoms with Gasteiger partial charge in [-0.1, -0.05) is 24.3 Å². The number of hydrogen-bond acceptors (Lipinski definition) is 4. The molecule has 0 saturated heterocycles. The lowest BCUT2D eigenvalue weighted by molar-refractivity contribution is -0.120. The van der Waals surface area contributed by atoms with Crippen LogP contribution in [0.15, 0.2) is 34.7 Å². The van der Waals surface area contributed by atoms with Crippen LogP contribution in [0.5, 0.6) is 0 Å². The van der Waals surface area contributed by atoms with Crippen LogP contribution in [-0.2, 0) is 24.1 Å². The predicted octanol–water partition coefficient (Wildman–Crippen LogP) is 2.66. The summed E-state index contributed by atoms with van der Waals surface area (Å²) in [5, 5.41) is 7.06. The second kappa shape index (κ2) is 6.18. The van der Waals surface area contributed by atoms with Crippen molar-refractivity contribution in [2.45, 2.75) is 32.6 Å². The first-order chi connectivity index (χ1) is 10.2. The number of nitrogens with zero attached hydrogens (tertiary/aromatic N) is 2. The number of nitrogens with one attached hydrogen (secondary N) is 1. The topological polar surface area (TPSA) is 54.4 Å². The van der Waals surface area contributed by atoms with Crippen LogP contribution >= 0.6 is 11.3 Å². The maximum absolute atomic E-state index is 11.9. The first-order valence-electron chi connectivity index (χ1n) is 7.03.